The van der Waals surface area contributed by atoms with E-state index in [9.17, 15) is 0 Å². The van der Waals surface area contributed by atoms with Gasteiger partial charge in [0.2, 0.25) is 0 Å². The number of hydrogen-bond donors (Lipinski definition) is 0. The summed E-state index contributed by atoms with van der Waals surface area (Å²) < 4.78 is 13.1. The Morgan fingerprint density at radius 1 is 0.952 bits per heavy atom. The molecule has 0 saturated carbocycles. The number of ether oxygens (including phenoxy) is 2. The zero-order valence-electron chi connectivity index (χ0n) is 12.4. The average molecular weight is 281 g/mol. The van der Waals surface area contributed by atoms with Crippen LogP contribution in [0.4, 0.5) is 0 Å². The van der Waals surface area contributed by atoms with E-state index in [2.05, 4.69) is 42.0 Å². The Morgan fingerprint density at radius 2 is 1.71 bits per heavy atom. The molecule has 0 saturated heterocycles. The minimum Gasteiger partial charge on any atom is -0.497 e. The van der Waals surface area contributed by atoms with Gasteiger partial charge in [0.05, 0.1) is 13.7 Å². The van der Waals surface area contributed by atoms with Crippen LogP contribution in [0.3, 0.4) is 0 Å². The number of fused-ring (bicyclic) bond motifs is 1. The van der Waals surface area contributed by atoms with Gasteiger partial charge in [0, 0.05) is 11.7 Å². The van der Waals surface area contributed by atoms with Crippen molar-refractivity contribution in [2.45, 2.75) is 13.5 Å². The molecule has 0 spiro atoms. The van der Waals surface area contributed by atoms with E-state index in [1.165, 1.54) is 16.5 Å². The number of methoxy groups -OCH3 is 1. The molecule has 3 heteroatoms. The summed E-state index contributed by atoms with van der Waals surface area (Å²) in [5.41, 5.74) is 2.54. The smallest absolute Gasteiger partial charge is 0.119 e. The third kappa shape index (κ3) is 3.02. The molecular formula is C18H19NO2. The molecule has 108 valence electrons. The second-order valence-electron chi connectivity index (χ2n) is 5.10. The molecule has 3 aromatic rings. The lowest BCUT2D eigenvalue weighted by Gasteiger charge is -2.09. The highest BCUT2D eigenvalue weighted by molar-refractivity contribution is 5.80. The van der Waals surface area contributed by atoms with Crippen LogP contribution in [0, 0.1) is 6.92 Å². The molecule has 2 aromatic carbocycles. The van der Waals surface area contributed by atoms with Crippen molar-refractivity contribution in [2.75, 3.05) is 13.7 Å². The zero-order chi connectivity index (χ0) is 14.7. The van der Waals surface area contributed by atoms with Gasteiger partial charge in [-0.1, -0.05) is 11.6 Å². The highest BCUT2D eigenvalue weighted by Crippen LogP contribution is 2.19. The molecule has 0 aliphatic carbocycles. The third-order valence-electron chi connectivity index (χ3n) is 3.59. The lowest BCUT2D eigenvalue weighted by molar-refractivity contribution is 0.300. The van der Waals surface area contributed by atoms with Crippen LogP contribution >= 0.6 is 0 Å². The fraction of sp³-hybridized carbons (Fsp3) is 0.222. The maximum atomic E-state index is 5.78. The molecule has 0 unspecified atom stereocenters. The Bertz CT molecular complexity index is 729. The Morgan fingerprint density at radius 3 is 2.48 bits per heavy atom. The van der Waals surface area contributed by atoms with Crippen LogP contribution in [-0.2, 0) is 6.54 Å². The predicted octanol–water partition coefficient (Wildman–Crippen LogP) is 4.04. The summed E-state index contributed by atoms with van der Waals surface area (Å²) in [5, 5.41) is 1.28. The van der Waals surface area contributed by atoms with Gasteiger partial charge in [0.15, 0.2) is 0 Å². The minimum absolute atomic E-state index is 0.643. The molecule has 0 aliphatic rings. The molecule has 0 radical (unpaired) electrons. The Hall–Kier alpha value is -2.42. The molecule has 0 atom stereocenters. The Labute approximate surface area is 124 Å². The summed E-state index contributed by atoms with van der Waals surface area (Å²) >= 11 is 0. The summed E-state index contributed by atoms with van der Waals surface area (Å²) in [7, 11) is 1.66. The van der Waals surface area contributed by atoms with E-state index >= 15 is 0 Å². The van der Waals surface area contributed by atoms with Crippen molar-refractivity contribution in [3.05, 3.63) is 60.3 Å². The van der Waals surface area contributed by atoms with Crippen LogP contribution in [0.2, 0.25) is 0 Å². The molecule has 1 aromatic heterocycles. The molecule has 3 nitrogen and oxygen atoms in total. The average Bonchev–Trinajstić information content (AvgIpc) is 2.90. The van der Waals surface area contributed by atoms with Crippen molar-refractivity contribution >= 4 is 10.9 Å². The fourth-order valence-corrected chi connectivity index (χ4v) is 2.45. The first kappa shape index (κ1) is 13.6. The molecule has 0 amide bonds. The SMILES string of the molecule is COc1ccc(OCCn2ccc3cc(C)ccc32)cc1. The monoisotopic (exact) mass is 281 g/mol. The third-order valence-corrected chi connectivity index (χ3v) is 3.59. The molecule has 21 heavy (non-hydrogen) atoms. The first-order valence-corrected chi connectivity index (χ1v) is 7.08. The van der Waals surface area contributed by atoms with Gasteiger partial charge in [-0.15, -0.1) is 0 Å². The quantitative estimate of drug-likeness (QED) is 0.704. The number of hydrogen-bond acceptors (Lipinski definition) is 2. The van der Waals surface area contributed by atoms with E-state index in [0.717, 1.165) is 18.0 Å². The van der Waals surface area contributed by atoms with Crippen molar-refractivity contribution in [3.63, 3.8) is 0 Å². The normalized spacial score (nSPS) is 10.8. The molecule has 0 fully saturated rings. The van der Waals surface area contributed by atoms with Crippen LogP contribution < -0.4 is 9.47 Å². The van der Waals surface area contributed by atoms with E-state index in [1.54, 1.807) is 7.11 Å². The van der Waals surface area contributed by atoms with Gasteiger partial charge in [-0.2, -0.15) is 0 Å². The lowest BCUT2D eigenvalue weighted by Crippen LogP contribution is -2.07. The summed E-state index contributed by atoms with van der Waals surface area (Å²) in [5.74, 6) is 1.71. The maximum Gasteiger partial charge on any atom is 0.119 e. The molecule has 0 aliphatic heterocycles. The van der Waals surface area contributed by atoms with Crippen LogP contribution in [0.25, 0.3) is 10.9 Å². The first-order chi connectivity index (χ1) is 10.3. The molecule has 1 heterocycles. The van der Waals surface area contributed by atoms with Gasteiger partial charge in [0.25, 0.3) is 0 Å². The van der Waals surface area contributed by atoms with Gasteiger partial charge in [0.1, 0.15) is 18.1 Å². The molecular weight excluding hydrogens is 262 g/mol. The number of rotatable bonds is 5. The first-order valence-electron chi connectivity index (χ1n) is 7.08. The fourth-order valence-electron chi connectivity index (χ4n) is 2.45. The second kappa shape index (κ2) is 5.92. The van der Waals surface area contributed by atoms with Gasteiger partial charge >= 0.3 is 0 Å². The molecule has 3 rings (SSSR count). The standard InChI is InChI=1S/C18H19NO2/c1-14-3-8-18-15(13-14)9-10-19(18)11-12-21-17-6-4-16(20-2)5-7-17/h3-10,13H,11-12H2,1-2H3. The van der Waals surface area contributed by atoms with E-state index in [-0.39, 0.29) is 0 Å². The van der Waals surface area contributed by atoms with Crippen LogP contribution in [0.1, 0.15) is 5.56 Å². The predicted molar refractivity (Wildman–Crippen MR) is 85.2 cm³/mol. The highest BCUT2D eigenvalue weighted by Gasteiger charge is 2.01. The van der Waals surface area contributed by atoms with Gasteiger partial charge in [-0.05, 0) is 54.8 Å². The van der Waals surface area contributed by atoms with Gasteiger partial charge in [-0.3, -0.25) is 0 Å². The van der Waals surface area contributed by atoms with E-state index in [0.29, 0.717) is 6.61 Å². The lowest BCUT2D eigenvalue weighted by atomic mass is 10.2. The largest absolute Gasteiger partial charge is 0.497 e. The van der Waals surface area contributed by atoms with Crippen molar-refractivity contribution < 1.29 is 9.47 Å². The van der Waals surface area contributed by atoms with E-state index < -0.39 is 0 Å². The Balaban J connectivity index is 1.63. The summed E-state index contributed by atoms with van der Waals surface area (Å²) in [6.07, 6.45) is 2.11. The Kier molecular flexibility index (Phi) is 3.82. The van der Waals surface area contributed by atoms with E-state index in [4.69, 9.17) is 9.47 Å². The van der Waals surface area contributed by atoms with Crippen LogP contribution in [0.15, 0.2) is 54.7 Å². The van der Waals surface area contributed by atoms with Crippen LogP contribution in [0.5, 0.6) is 11.5 Å². The van der Waals surface area contributed by atoms with E-state index in [1.807, 2.05) is 24.3 Å². The molecule has 0 N–H and O–H groups in total. The zero-order valence-corrected chi connectivity index (χ0v) is 12.4. The second-order valence-corrected chi connectivity index (χ2v) is 5.10. The van der Waals surface area contributed by atoms with Crippen molar-refractivity contribution in [3.8, 4) is 11.5 Å². The summed E-state index contributed by atoms with van der Waals surface area (Å²) in [6.45, 7) is 3.59. The summed E-state index contributed by atoms with van der Waals surface area (Å²) in [4.78, 5) is 0. The van der Waals surface area contributed by atoms with Crippen LogP contribution in [-0.4, -0.2) is 18.3 Å². The number of aromatic nitrogens is 1. The van der Waals surface area contributed by atoms with Crippen molar-refractivity contribution in [1.29, 1.82) is 0 Å². The highest BCUT2D eigenvalue weighted by atomic mass is 16.5. The summed E-state index contributed by atoms with van der Waals surface area (Å²) in [6, 6.07) is 16.3. The number of nitrogens with zero attached hydrogens (tertiary/aromatic N) is 1. The van der Waals surface area contributed by atoms with Crippen molar-refractivity contribution in [1.82, 2.24) is 4.57 Å². The number of aryl methyl sites for hydroxylation is 1. The topological polar surface area (TPSA) is 23.4 Å². The minimum atomic E-state index is 0.643. The molecule has 0 bridgehead atoms. The van der Waals surface area contributed by atoms with Gasteiger partial charge in [-0.25, -0.2) is 0 Å². The number of benzene rings is 2. The van der Waals surface area contributed by atoms with Crippen molar-refractivity contribution in [2.24, 2.45) is 0 Å². The van der Waals surface area contributed by atoms with Gasteiger partial charge < -0.3 is 14.0 Å². The maximum absolute atomic E-state index is 5.78.